The fraction of sp³-hybridized carbons (Fsp3) is 0.500. The van der Waals surface area contributed by atoms with E-state index in [1.54, 1.807) is 7.11 Å². The van der Waals surface area contributed by atoms with Gasteiger partial charge in [-0.15, -0.1) is 0 Å². The smallest absolute Gasteiger partial charge is 0.292 e. The molecule has 5 nitrogen and oxygen atoms in total. The van der Waals surface area contributed by atoms with Gasteiger partial charge < -0.3 is 10.1 Å². The Bertz CT molecular complexity index is 453. The molecular formula is C12H15FN2O3. The summed E-state index contributed by atoms with van der Waals surface area (Å²) in [6.45, 7) is 0. The number of hydrogen-bond donors (Lipinski definition) is 1. The van der Waals surface area contributed by atoms with Gasteiger partial charge in [0.2, 0.25) is 0 Å². The van der Waals surface area contributed by atoms with Crippen LogP contribution >= 0.6 is 0 Å². The molecule has 1 aliphatic rings. The minimum Gasteiger partial charge on any atom is -0.379 e. The summed E-state index contributed by atoms with van der Waals surface area (Å²) in [5, 5.41) is 13.9. The lowest BCUT2D eigenvalue weighted by molar-refractivity contribution is -0.384. The van der Waals surface area contributed by atoms with E-state index in [9.17, 15) is 14.5 Å². The van der Waals surface area contributed by atoms with Crippen molar-refractivity contribution in [3.8, 4) is 0 Å². The van der Waals surface area contributed by atoms with Gasteiger partial charge in [-0.3, -0.25) is 10.1 Å². The molecule has 0 heterocycles. The van der Waals surface area contributed by atoms with Crippen molar-refractivity contribution in [1.29, 1.82) is 0 Å². The number of methoxy groups -OCH3 is 1. The molecule has 0 bridgehead atoms. The summed E-state index contributed by atoms with van der Waals surface area (Å²) >= 11 is 0. The van der Waals surface area contributed by atoms with Crippen molar-refractivity contribution in [3.05, 3.63) is 34.1 Å². The van der Waals surface area contributed by atoms with Gasteiger partial charge in [-0.25, -0.2) is 4.39 Å². The molecule has 2 rings (SSSR count). The van der Waals surface area contributed by atoms with E-state index in [4.69, 9.17) is 4.74 Å². The molecule has 1 saturated carbocycles. The largest absolute Gasteiger partial charge is 0.379 e. The van der Waals surface area contributed by atoms with Crippen molar-refractivity contribution in [2.45, 2.75) is 31.4 Å². The van der Waals surface area contributed by atoms with Crippen LogP contribution in [0, 0.1) is 15.9 Å². The summed E-state index contributed by atoms with van der Waals surface area (Å²) in [5.41, 5.74) is 0.104. The standard InChI is InChI=1S/C12H15FN2O3/c1-18-12-4-2-3-9(12)14-10-7-8(13)5-6-11(10)15(16)17/h5-7,9,12,14H,2-4H2,1H3. The molecule has 2 atom stereocenters. The second kappa shape index (κ2) is 5.30. The molecule has 0 aromatic heterocycles. The minimum absolute atomic E-state index is 0.00417. The minimum atomic E-state index is -0.515. The first-order valence-electron chi connectivity index (χ1n) is 5.85. The first-order valence-corrected chi connectivity index (χ1v) is 5.85. The molecule has 0 saturated heterocycles. The predicted molar refractivity (Wildman–Crippen MR) is 65.1 cm³/mol. The van der Waals surface area contributed by atoms with Crippen LogP contribution in [0.3, 0.4) is 0 Å². The Hall–Kier alpha value is -1.69. The van der Waals surface area contributed by atoms with E-state index in [-0.39, 0.29) is 23.5 Å². The summed E-state index contributed by atoms with van der Waals surface area (Å²) in [4.78, 5) is 10.4. The summed E-state index contributed by atoms with van der Waals surface area (Å²) in [6.07, 6.45) is 2.80. The van der Waals surface area contributed by atoms with Crippen LogP contribution in [0.25, 0.3) is 0 Å². The first-order chi connectivity index (χ1) is 8.61. The Labute approximate surface area is 104 Å². The van der Waals surface area contributed by atoms with Gasteiger partial charge in [0.15, 0.2) is 0 Å². The second-order valence-corrected chi connectivity index (χ2v) is 4.37. The number of nitrogens with one attached hydrogen (secondary N) is 1. The molecule has 1 aliphatic carbocycles. The maximum atomic E-state index is 13.2. The maximum Gasteiger partial charge on any atom is 0.292 e. The van der Waals surface area contributed by atoms with Gasteiger partial charge in [-0.05, 0) is 25.3 Å². The Morgan fingerprint density at radius 3 is 2.94 bits per heavy atom. The average molecular weight is 254 g/mol. The second-order valence-electron chi connectivity index (χ2n) is 4.37. The third-order valence-corrected chi connectivity index (χ3v) is 3.25. The molecule has 0 spiro atoms. The number of rotatable bonds is 4. The van der Waals surface area contributed by atoms with Crippen LogP contribution in [-0.2, 0) is 4.74 Å². The van der Waals surface area contributed by atoms with Crippen LogP contribution in [0.1, 0.15) is 19.3 Å². The zero-order valence-corrected chi connectivity index (χ0v) is 10.1. The van der Waals surface area contributed by atoms with Gasteiger partial charge in [-0.2, -0.15) is 0 Å². The van der Waals surface area contributed by atoms with E-state index in [1.807, 2.05) is 0 Å². The highest BCUT2D eigenvalue weighted by Gasteiger charge is 2.28. The van der Waals surface area contributed by atoms with Crippen molar-refractivity contribution in [1.82, 2.24) is 0 Å². The topological polar surface area (TPSA) is 64.4 Å². The summed E-state index contributed by atoms with van der Waals surface area (Å²) in [5.74, 6) is -0.491. The molecule has 6 heteroatoms. The fourth-order valence-electron chi connectivity index (χ4n) is 2.36. The lowest BCUT2D eigenvalue weighted by Crippen LogP contribution is -2.30. The van der Waals surface area contributed by atoms with Crippen LogP contribution in [0.4, 0.5) is 15.8 Å². The van der Waals surface area contributed by atoms with E-state index >= 15 is 0 Å². The first kappa shape index (κ1) is 12.8. The molecule has 18 heavy (non-hydrogen) atoms. The molecular weight excluding hydrogens is 239 g/mol. The SMILES string of the molecule is COC1CCCC1Nc1cc(F)ccc1[N+](=O)[O-]. The quantitative estimate of drug-likeness (QED) is 0.662. The summed E-state index contributed by atoms with van der Waals surface area (Å²) < 4.78 is 18.5. The van der Waals surface area contributed by atoms with Crippen LogP contribution in [-0.4, -0.2) is 24.2 Å². The molecule has 1 aromatic rings. The van der Waals surface area contributed by atoms with Gasteiger partial charge in [0.25, 0.3) is 5.69 Å². The average Bonchev–Trinajstić information content (AvgIpc) is 2.76. The molecule has 1 N–H and O–H groups in total. The normalized spacial score (nSPS) is 23.0. The maximum absolute atomic E-state index is 13.2. The van der Waals surface area contributed by atoms with Gasteiger partial charge in [-0.1, -0.05) is 0 Å². The van der Waals surface area contributed by atoms with Gasteiger partial charge >= 0.3 is 0 Å². The zero-order valence-electron chi connectivity index (χ0n) is 10.1. The van der Waals surface area contributed by atoms with Crippen molar-refractivity contribution in [3.63, 3.8) is 0 Å². The lowest BCUT2D eigenvalue weighted by atomic mass is 10.2. The van der Waals surface area contributed by atoms with Crippen molar-refractivity contribution >= 4 is 11.4 Å². The molecule has 2 unspecified atom stereocenters. The van der Waals surface area contributed by atoms with Crippen molar-refractivity contribution in [2.75, 3.05) is 12.4 Å². The number of nitrogens with zero attached hydrogens (tertiary/aromatic N) is 1. The Kier molecular flexibility index (Phi) is 3.76. The monoisotopic (exact) mass is 254 g/mol. The summed E-state index contributed by atoms with van der Waals surface area (Å²) in [7, 11) is 1.62. The van der Waals surface area contributed by atoms with Gasteiger partial charge in [0, 0.05) is 19.2 Å². The molecule has 0 amide bonds. The number of benzene rings is 1. The zero-order chi connectivity index (χ0) is 13.1. The fourth-order valence-corrected chi connectivity index (χ4v) is 2.36. The third kappa shape index (κ3) is 2.59. The summed E-state index contributed by atoms with van der Waals surface area (Å²) in [6, 6.07) is 3.42. The highest BCUT2D eigenvalue weighted by molar-refractivity contribution is 5.62. The van der Waals surface area contributed by atoms with Crippen molar-refractivity contribution in [2.24, 2.45) is 0 Å². The van der Waals surface area contributed by atoms with Crippen LogP contribution in [0.5, 0.6) is 0 Å². The van der Waals surface area contributed by atoms with E-state index in [0.29, 0.717) is 0 Å². The number of hydrogen-bond acceptors (Lipinski definition) is 4. The number of ether oxygens (including phenoxy) is 1. The van der Waals surface area contributed by atoms with E-state index < -0.39 is 10.7 Å². The van der Waals surface area contributed by atoms with Crippen LogP contribution in [0.2, 0.25) is 0 Å². The van der Waals surface area contributed by atoms with Crippen LogP contribution < -0.4 is 5.32 Å². The molecule has 98 valence electrons. The highest BCUT2D eigenvalue weighted by atomic mass is 19.1. The molecule has 0 aliphatic heterocycles. The number of nitro groups is 1. The predicted octanol–water partition coefficient (Wildman–Crippen LogP) is 2.71. The Morgan fingerprint density at radius 2 is 2.28 bits per heavy atom. The van der Waals surface area contributed by atoms with Gasteiger partial charge in [0.1, 0.15) is 11.5 Å². The van der Waals surface area contributed by atoms with Gasteiger partial charge in [0.05, 0.1) is 17.1 Å². The van der Waals surface area contributed by atoms with E-state index in [2.05, 4.69) is 5.32 Å². The Morgan fingerprint density at radius 1 is 1.50 bits per heavy atom. The van der Waals surface area contributed by atoms with Crippen molar-refractivity contribution < 1.29 is 14.1 Å². The van der Waals surface area contributed by atoms with E-state index in [1.165, 1.54) is 6.07 Å². The highest BCUT2D eigenvalue weighted by Crippen LogP contribution is 2.30. The molecule has 0 radical (unpaired) electrons. The number of halogens is 1. The lowest BCUT2D eigenvalue weighted by Gasteiger charge is -2.20. The number of nitro benzene ring substituents is 1. The van der Waals surface area contributed by atoms with Crippen LogP contribution in [0.15, 0.2) is 18.2 Å². The molecule has 1 aromatic carbocycles. The Balaban J connectivity index is 2.22. The molecule has 1 fully saturated rings. The van der Waals surface area contributed by atoms with E-state index in [0.717, 1.165) is 31.4 Å². The number of anilines is 1. The third-order valence-electron chi connectivity index (χ3n) is 3.25.